The summed E-state index contributed by atoms with van der Waals surface area (Å²) in [6, 6.07) is 25.8. The highest BCUT2D eigenvalue weighted by atomic mass is 16.5. The van der Waals surface area contributed by atoms with Gasteiger partial charge in [0, 0.05) is 19.5 Å². The van der Waals surface area contributed by atoms with Crippen LogP contribution in [0.25, 0.3) is 0 Å². The van der Waals surface area contributed by atoms with Crippen molar-refractivity contribution in [3.05, 3.63) is 95.6 Å². The number of hydrogen-bond acceptors (Lipinski definition) is 6. The van der Waals surface area contributed by atoms with Crippen LogP contribution in [0.15, 0.2) is 78.9 Å². The van der Waals surface area contributed by atoms with Gasteiger partial charge in [-0.15, -0.1) is 0 Å². The molecular weight excluding hydrogens is 492 g/mol. The number of carbonyl (C=O) groups excluding carboxylic acids is 1. The van der Waals surface area contributed by atoms with E-state index in [2.05, 4.69) is 12.1 Å². The highest BCUT2D eigenvalue weighted by Gasteiger charge is 2.48. The molecule has 1 aliphatic heterocycles. The number of unbranched alkanes of at least 4 members (excludes halogenated alkanes) is 2. The molecule has 3 N–H and O–H groups in total. The Kier molecular flexibility index (Phi) is 9.62. The molecule has 0 radical (unpaired) electrons. The lowest BCUT2D eigenvalue weighted by Crippen LogP contribution is -2.63. The van der Waals surface area contributed by atoms with Gasteiger partial charge in [0.1, 0.15) is 17.1 Å². The van der Waals surface area contributed by atoms with Crippen LogP contribution in [0.5, 0.6) is 11.5 Å². The molecule has 3 aromatic carbocycles. The van der Waals surface area contributed by atoms with Crippen molar-refractivity contribution in [2.75, 3.05) is 47.1 Å². The second-order valence-electron chi connectivity index (χ2n) is 10.3. The molecular formula is C32H40N2O5. The number of aliphatic hydroxyl groups is 1. The molecule has 1 saturated heterocycles. The first kappa shape index (κ1) is 28.6. The van der Waals surface area contributed by atoms with Gasteiger partial charge in [-0.2, -0.15) is 0 Å². The largest absolute Gasteiger partial charge is 0.497 e. The van der Waals surface area contributed by atoms with Crippen molar-refractivity contribution in [3.63, 3.8) is 0 Å². The second kappa shape index (κ2) is 13.1. The summed E-state index contributed by atoms with van der Waals surface area (Å²) in [6.07, 6.45) is 3.23. The van der Waals surface area contributed by atoms with Crippen LogP contribution < -0.4 is 15.2 Å². The molecule has 7 heteroatoms. The molecule has 0 saturated carbocycles. The summed E-state index contributed by atoms with van der Waals surface area (Å²) >= 11 is 0. The predicted molar refractivity (Wildman–Crippen MR) is 152 cm³/mol. The summed E-state index contributed by atoms with van der Waals surface area (Å²) < 4.78 is 17.8. The number of nitrogens with zero attached hydrogens (tertiary/aromatic N) is 1. The van der Waals surface area contributed by atoms with E-state index in [1.807, 2.05) is 71.6 Å². The normalized spacial score (nSPS) is 14.5. The van der Waals surface area contributed by atoms with Gasteiger partial charge in [0.25, 0.3) is 0 Å². The maximum Gasteiger partial charge on any atom is 0.222 e. The number of nitrogens with two attached hydrogens (primary N) is 1. The van der Waals surface area contributed by atoms with E-state index in [0.717, 1.165) is 47.5 Å². The quantitative estimate of drug-likeness (QED) is 0.237. The van der Waals surface area contributed by atoms with Crippen molar-refractivity contribution in [1.29, 1.82) is 0 Å². The Morgan fingerprint density at radius 3 is 1.87 bits per heavy atom. The highest BCUT2D eigenvalue weighted by molar-refractivity contribution is 5.77. The zero-order valence-electron chi connectivity index (χ0n) is 23.0. The fraction of sp³-hybridized carbons (Fsp3) is 0.406. The number of carbonyl (C=O) groups is 1. The fourth-order valence-electron chi connectivity index (χ4n) is 5.27. The van der Waals surface area contributed by atoms with Crippen LogP contribution in [0.2, 0.25) is 0 Å². The average Bonchev–Trinajstić information content (AvgIpc) is 2.97. The first-order chi connectivity index (χ1) is 19.0. The Balaban J connectivity index is 1.65. The van der Waals surface area contributed by atoms with E-state index < -0.39 is 11.0 Å². The second-order valence-corrected chi connectivity index (χ2v) is 10.3. The Hall–Kier alpha value is -3.39. The lowest BCUT2D eigenvalue weighted by Gasteiger charge is -2.50. The third-order valence-electron chi connectivity index (χ3n) is 7.60. The van der Waals surface area contributed by atoms with Crippen LogP contribution in [0, 0.1) is 5.41 Å². The summed E-state index contributed by atoms with van der Waals surface area (Å²) in [5.41, 5.74) is 6.89. The number of likely N-dealkylation sites (tertiary alicyclic amines) is 1. The summed E-state index contributed by atoms with van der Waals surface area (Å²) in [6.45, 7) is 1.78. The molecule has 3 aromatic rings. The minimum absolute atomic E-state index is 0.0694. The summed E-state index contributed by atoms with van der Waals surface area (Å²) in [7, 11) is 3.29. The fourth-order valence-corrected chi connectivity index (χ4v) is 5.27. The Morgan fingerprint density at radius 2 is 1.38 bits per heavy atom. The first-order valence-electron chi connectivity index (χ1n) is 13.6. The molecule has 7 nitrogen and oxygen atoms in total. The molecule has 1 heterocycles. The van der Waals surface area contributed by atoms with Crippen LogP contribution in [-0.4, -0.2) is 63.0 Å². The van der Waals surface area contributed by atoms with Gasteiger partial charge < -0.3 is 30.0 Å². The van der Waals surface area contributed by atoms with Gasteiger partial charge in [0.15, 0.2) is 0 Å². The Morgan fingerprint density at radius 1 is 0.846 bits per heavy atom. The lowest BCUT2D eigenvalue weighted by molar-refractivity contribution is -0.158. The van der Waals surface area contributed by atoms with Gasteiger partial charge in [0.05, 0.1) is 32.8 Å². The zero-order chi connectivity index (χ0) is 27.7. The lowest BCUT2D eigenvalue weighted by atomic mass is 9.78. The maximum absolute atomic E-state index is 12.7. The average molecular weight is 533 g/mol. The topological polar surface area (TPSA) is 94.2 Å². The van der Waals surface area contributed by atoms with Gasteiger partial charge in [-0.3, -0.25) is 4.79 Å². The van der Waals surface area contributed by atoms with Crippen molar-refractivity contribution in [1.82, 2.24) is 4.90 Å². The monoisotopic (exact) mass is 532 g/mol. The molecule has 0 bridgehead atoms. The van der Waals surface area contributed by atoms with E-state index in [1.165, 1.54) is 0 Å². The van der Waals surface area contributed by atoms with Gasteiger partial charge >= 0.3 is 0 Å². The number of ether oxygens (including phenoxy) is 3. The van der Waals surface area contributed by atoms with Crippen molar-refractivity contribution in [2.45, 2.75) is 31.3 Å². The van der Waals surface area contributed by atoms with E-state index >= 15 is 0 Å². The minimum atomic E-state index is -0.964. The van der Waals surface area contributed by atoms with Gasteiger partial charge in [0.2, 0.25) is 5.91 Å². The summed E-state index contributed by atoms with van der Waals surface area (Å²) in [5, 5.41) is 10.5. The summed E-state index contributed by atoms with van der Waals surface area (Å²) in [5.74, 6) is 1.62. The van der Waals surface area contributed by atoms with E-state index in [9.17, 15) is 9.90 Å². The molecule has 4 rings (SSSR count). The van der Waals surface area contributed by atoms with Crippen molar-refractivity contribution in [2.24, 2.45) is 11.1 Å². The van der Waals surface area contributed by atoms with Crippen LogP contribution >= 0.6 is 0 Å². The first-order valence-corrected chi connectivity index (χ1v) is 13.6. The van der Waals surface area contributed by atoms with E-state index in [-0.39, 0.29) is 19.1 Å². The number of hydrogen-bond donors (Lipinski definition) is 2. The number of amides is 1. The molecule has 208 valence electrons. The SMILES string of the molecule is COc1ccc(C(OCC2(CO)CN(C(=O)CCCCCN)C2)(c2ccccc2)c2ccc(OC)cc2)cc1. The number of methoxy groups -OCH3 is 2. The predicted octanol–water partition coefficient (Wildman–Crippen LogP) is 4.35. The molecule has 0 aliphatic carbocycles. The highest BCUT2D eigenvalue weighted by Crippen LogP contribution is 2.44. The van der Waals surface area contributed by atoms with Gasteiger partial charge in [-0.25, -0.2) is 0 Å². The van der Waals surface area contributed by atoms with Crippen LogP contribution in [0.4, 0.5) is 0 Å². The minimum Gasteiger partial charge on any atom is -0.497 e. The number of rotatable bonds is 14. The van der Waals surface area contributed by atoms with Gasteiger partial charge in [-0.05, 0) is 60.3 Å². The molecule has 1 aliphatic rings. The van der Waals surface area contributed by atoms with Crippen molar-refractivity contribution in [3.8, 4) is 11.5 Å². The van der Waals surface area contributed by atoms with Crippen LogP contribution in [0.1, 0.15) is 42.4 Å². The zero-order valence-corrected chi connectivity index (χ0v) is 23.0. The standard InChI is InChI=1S/C32H40N2O5/c1-37-28-16-12-26(13-17-28)32(25-9-5-3-6-10-25,27-14-18-29(38-2)19-15-27)39-24-31(23-35)21-34(22-31)30(36)11-7-4-8-20-33/h3,5-6,9-10,12-19,35H,4,7-8,11,20-24,33H2,1-2H3. The summed E-state index contributed by atoms with van der Waals surface area (Å²) in [4.78, 5) is 14.6. The number of benzene rings is 3. The van der Waals surface area contributed by atoms with Gasteiger partial charge in [-0.1, -0.05) is 61.0 Å². The molecule has 0 atom stereocenters. The number of aliphatic hydroxyl groups excluding tert-OH is 1. The third kappa shape index (κ3) is 6.27. The van der Waals surface area contributed by atoms with Crippen molar-refractivity contribution < 1.29 is 24.1 Å². The molecule has 1 fully saturated rings. The Bertz CT molecular complexity index is 1130. The Labute approximate surface area is 231 Å². The molecule has 0 unspecified atom stereocenters. The van der Waals surface area contributed by atoms with Crippen LogP contribution in [0.3, 0.4) is 0 Å². The third-order valence-corrected chi connectivity index (χ3v) is 7.60. The van der Waals surface area contributed by atoms with Crippen LogP contribution in [-0.2, 0) is 15.1 Å². The maximum atomic E-state index is 12.7. The molecule has 0 aromatic heterocycles. The van der Waals surface area contributed by atoms with E-state index in [4.69, 9.17) is 19.9 Å². The molecule has 1 amide bonds. The molecule has 39 heavy (non-hydrogen) atoms. The molecule has 0 spiro atoms. The van der Waals surface area contributed by atoms with E-state index in [1.54, 1.807) is 14.2 Å². The van der Waals surface area contributed by atoms with Crippen molar-refractivity contribution >= 4 is 5.91 Å². The smallest absolute Gasteiger partial charge is 0.222 e. The van der Waals surface area contributed by atoms with E-state index in [0.29, 0.717) is 26.1 Å².